The van der Waals surface area contributed by atoms with Crippen molar-refractivity contribution in [2.24, 2.45) is 17.2 Å². The lowest BCUT2D eigenvalue weighted by atomic mass is 10.1. The molecule has 0 aliphatic rings. The maximum absolute atomic E-state index is 9.57. The molecule has 1 aromatic rings. The molecule has 0 amide bonds. The van der Waals surface area contributed by atoms with Crippen molar-refractivity contribution in [3.63, 3.8) is 0 Å². The van der Waals surface area contributed by atoms with Gasteiger partial charge in [0.1, 0.15) is 6.04 Å². The molecular weight excluding hydrogens is 206 g/mol. The van der Waals surface area contributed by atoms with Crippen LogP contribution in [0.25, 0.3) is 0 Å². The van der Waals surface area contributed by atoms with Gasteiger partial charge in [0.25, 0.3) is 0 Å². The van der Waals surface area contributed by atoms with Gasteiger partial charge in [-0.2, -0.15) is 0 Å². The Labute approximate surface area is 95.2 Å². The molecule has 0 bridgehead atoms. The van der Waals surface area contributed by atoms with E-state index in [0.717, 1.165) is 11.1 Å². The lowest BCUT2D eigenvalue weighted by molar-refractivity contribution is -0.138. The minimum atomic E-state index is -0.963. The number of carbonyl (C=O) groups is 1. The first kappa shape index (κ1) is 14.6. The third kappa shape index (κ3) is 6.13. The highest BCUT2D eigenvalue weighted by Crippen LogP contribution is 2.02. The van der Waals surface area contributed by atoms with Crippen LogP contribution in [0, 0.1) is 0 Å². The first-order chi connectivity index (χ1) is 7.51. The third-order valence-electron chi connectivity index (χ3n) is 1.85. The van der Waals surface area contributed by atoms with Crippen LogP contribution in [0.5, 0.6) is 0 Å². The minimum absolute atomic E-state index is 0.591. The van der Waals surface area contributed by atoms with Gasteiger partial charge in [-0.25, -0.2) is 0 Å². The molecule has 0 aliphatic carbocycles. The monoisotopic (exact) mass is 225 g/mol. The van der Waals surface area contributed by atoms with E-state index in [9.17, 15) is 4.79 Å². The molecule has 0 heterocycles. The summed E-state index contributed by atoms with van der Waals surface area (Å²) in [6.45, 7) is 2.60. The van der Waals surface area contributed by atoms with Gasteiger partial charge in [0, 0.05) is 13.1 Å². The summed E-state index contributed by atoms with van der Waals surface area (Å²) < 4.78 is 0. The van der Waals surface area contributed by atoms with E-state index in [1.165, 1.54) is 6.92 Å². The number of hydrogen-bond acceptors (Lipinski definition) is 4. The van der Waals surface area contributed by atoms with Crippen molar-refractivity contribution in [1.82, 2.24) is 0 Å². The molecule has 90 valence electrons. The number of hydrogen-bond donors (Lipinski definition) is 4. The topological polar surface area (TPSA) is 115 Å². The second-order valence-electron chi connectivity index (χ2n) is 3.36. The van der Waals surface area contributed by atoms with Gasteiger partial charge >= 0.3 is 5.97 Å². The van der Waals surface area contributed by atoms with Gasteiger partial charge in [0.05, 0.1) is 0 Å². The molecule has 0 saturated heterocycles. The lowest BCUT2D eigenvalue weighted by Gasteiger charge is -1.98. The van der Waals surface area contributed by atoms with Crippen molar-refractivity contribution in [3.05, 3.63) is 35.4 Å². The van der Waals surface area contributed by atoms with Crippen LogP contribution in [0.4, 0.5) is 0 Å². The van der Waals surface area contributed by atoms with Gasteiger partial charge in [-0.3, -0.25) is 4.79 Å². The van der Waals surface area contributed by atoms with Gasteiger partial charge in [-0.1, -0.05) is 24.3 Å². The predicted molar refractivity (Wildman–Crippen MR) is 63.5 cm³/mol. The van der Waals surface area contributed by atoms with E-state index >= 15 is 0 Å². The highest BCUT2D eigenvalue weighted by molar-refractivity contribution is 5.72. The summed E-state index contributed by atoms with van der Waals surface area (Å²) in [6.07, 6.45) is 0. The van der Waals surface area contributed by atoms with Crippen molar-refractivity contribution in [2.45, 2.75) is 26.1 Å². The quantitative estimate of drug-likeness (QED) is 0.579. The number of carboxylic acid groups (broad SMARTS) is 1. The number of aliphatic carboxylic acids is 1. The van der Waals surface area contributed by atoms with E-state index in [1.54, 1.807) is 0 Å². The molecule has 7 N–H and O–H groups in total. The number of rotatable bonds is 3. The second-order valence-corrected chi connectivity index (χ2v) is 3.36. The fourth-order valence-corrected chi connectivity index (χ4v) is 0.884. The first-order valence-corrected chi connectivity index (χ1v) is 4.97. The predicted octanol–water partition coefficient (Wildman–Crippen LogP) is 0.0222. The molecule has 0 fully saturated rings. The van der Waals surface area contributed by atoms with Crippen LogP contribution in [0.3, 0.4) is 0 Å². The average Bonchev–Trinajstić information content (AvgIpc) is 2.29. The van der Waals surface area contributed by atoms with Crippen molar-refractivity contribution in [1.29, 1.82) is 0 Å². The van der Waals surface area contributed by atoms with Gasteiger partial charge in [-0.15, -0.1) is 0 Å². The van der Waals surface area contributed by atoms with Crippen LogP contribution < -0.4 is 17.2 Å². The molecule has 0 aliphatic heterocycles. The van der Waals surface area contributed by atoms with Crippen LogP contribution in [0.15, 0.2) is 24.3 Å². The fourth-order valence-electron chi connectivity index (χ4n) is 0.884. The molecule has 0 radical (unpaired) electrons. The summed E-state index contributed by atoms with van der Waals surface area (Å²) in [7, 11) is 0. The molecular formula is C11H19N3O2. The smallest absolute Gasteiger partial charge is 0.320 e. The highest BCUT2D eigenvalue weighted by Gasteiger charge is 1.99. The Hall–Kier alpha value is -1.43. The molecule has 5 nitrogen and oxygen atoms in total. The van der Waals surface area contributed by atoms with Crippen LogP contribution in [0.1, 0.15) is 18.1 Å². The molecule has 5 heteroatoms. The molecule has 16 heavy (non-hydrogen) atoms. The van der Waals surface area contributed by atoms with Gasteiger partial charge in [0.15, 0.2) is 0 Å². The first-order valence-electron chi connectivity index (χ1n) is 4.97. The summed E-state index contributed by atoms with van der Waals surface area (Å²) in [5.41, 5.74) is 18.0. The largest absolute Gasteiger partial charge is 0.480 e. The molecule has 0 spiro atoms. The molecule has 0 saturated carbocycles. The van der Waals surface area contributed by atoms with Gasteiger partial charge in [-0.05, 0) is 18.1 Å². The van der Waals surface area contributed by atoms with Crippen molar-refractivity contribution in [3.8, 4) is 0 Å². The Kier molecular flexibility index (Phi) is 7.11. The Bertz CT molecular complexity index is 308. The molecule has 0 aromatic heterocycles. The summed E-state index contributed by atoms with van der Waals surface area (Å²) in [5.74, 6) is -0.963. The zero-order valence-corrected chi connectivity index (χ0v) is 9.39. The zero-order chi connectivity index (χ0) is 12.6. The summed E-state index contributed by atoms with van der Waals surface area (Å²) in [5, 5.41) is 7.87. The standard InChI is InChI=1S/C8H12N2.C3H7NO2/c9-5-7-2-1-3-8(4-7)6-10;1-2(4)3(5)6/h1-4H,5-6,9-10H2;2H,4H2,1H3,(H,5,6). The van der Waals surface area contributed by atoms with Crippen LogP contribution >= 0.6 is 0 Å². The fraction of sp³-hybridized carbons (Fsp3) is 0.364. The second kappa shape index (κ2) is 7.81. The summed E-state index contributed by atoms with van der Waals surface area (Å²) in [4.78, 5) is 9.57. The zero-order valence-electron chi connectivity index (χ0n) is 9.39. The van der Waals surface area contributed by atoms with Crippen LogP contribution in [0.2, 0.25) is 0 Å². The Balaban J connectivity index is 0.000000325. The van der Waals surface area contributed by atoms with Crippen molar-refractivity contribution in [2.75, 3.05) is 0 Å². The number of benzene rings is 1. The SMILES string of the molecule is CC(N)C(=O)O.NCc1cccc(CN)c1. The van der Waals surface area contributed by atoms with E-state index in [0.29, 0.717) is 13.1 Å². The van der Waals surface area contributed by atoms with Gasteiger partial charge in [0.2, 0.25) is 0 Å². The third-order valence-corrected chi connectivity index (χ3v) is 1.85. The lowest BCUT2D eigenvalue weighted by Crippen LogP contribution is -2.25. The summed E-state index contributed by atoms with van der Waals surface area (Å²) >= 11 is 0. The average molecular weight is 225 g/mol. The van der Waals surface area contributed by atoms with E-state index in [4.69, 9.17) is 22.3 Å². The Morgan fingerprint density at radius 3 is 1.94 bits per heavy atom. The van der Waals surface area contributed by atoms with Gasteiger partial charge < -0.3 is 22.3 Å². The van der Waals surface area contributed by atoms with E-state index in [1.807, 2.05) is 24.3 Å². The van der Waals surface area contributed by atoms with E-state index in [2.05, 4.69) is 0 Å². The Morgan fingerprint density at radius 2 is 1.69 bits per heavy atom. The maximum Gasteiger partial charge on any atom is 0.320 e. The molecule has 1 unspecified atom stereocenters. The maximum atomic E-state index is 9.57. The molecule has 1 aromatic carbocycles. The van der Waals surface area contributed by atoms with E-state index in [-0.39, 0.29) is 0 Å². The normalized spacial score (nSPS) is 11.2. The number of nitrogens with two attached hydrogens (primary N) is 3. The molecule has 1 atom stereocenters. The van der Waals surface area contributed by atoms with Crippen molar-refractivity contribution >= 4 is 5.97 Å². The van der Waals surface area contributed by atoms with E-state index < -0.39 is 12.0 Å². The van der Waals surface area contributed by atoms with Crippen LogP contribution in [-0.4, -0.2) is 17.1 Å². The number of carboxylic acids is 1. The van der Waals surface area contributed by atoms with Crippen LogP contribution in [-0.2, 0) is 17.9 Å². The molecule has 1 rings (SSSR count). The summed E-state index contributed by atoms with van der Waals surface area (Å²) in [6, 6.07) is 7.27. The Morgan fingerprint density at radius 1 is 1.31 bits per heavy atom. The minimum Gasteiger partial charge on any atom is -0.480 e. The highest BCUT2D eigenvalue weighted by atomic mass is 16.4. The van der Waals surface area contributed by atoms with Crippen molar-refractivity contribution < 1.29 is 9.90 Å².